The Bertz CT molecular complexity index is 497. The molecule has 7 heteroatoms. The summed E-state index contributed by atoms with van der Waals surface area (Å²) >= 11 is 5.70. The molecule has 96 valence electrons. The lowest BCUT2D eigenvalue weighted by atomic mass is 10.1. The van der Waals surface area contributed by atoms with Gasteiger partial charge in [-0.2, -0.15) is 0 Å². The Morgan fingerprint density at radius 3 is 2.53 bits per heavy atom. The number of halogens is 2. The molecule has 0 bridgehead atoms. The van der Waals surface area contributed by atoms with Crippen LogP contribution in [0.3, 0.4) is 0 Å². The molecule has 0 radical (unpaired) electrons. The third kappa shape index (κ3) is 3.38. The molecule has 0 aliphatic carbocycles. The van der Waals surface area contributed by atoms with Crippen LogP contribution in [0.2, 0.25) is 5.02 Å². The van der Waals surface area contributed by atoms with Crippen molar-refractivity contribution in [1.82, 2.24) is 4.72 Å². The highest BCUT2D eigenvalue weighted by atomic mass is 35.5. The first kappa shape index (κ1) is 14.4. The number of nitrogens with one attached hydrogen (secondary N) is 1. The van der Waals surface area contributed by atoms with Gasteiger partial charge in [0.2, 0.25) is 10.0 Å². The molecule has 0 saturated carbocycles. The maximum atomic E-state index is 13.5. The molecule has 17 heavy (non-hydrogen) atoms. The fraction of sp³-hybridized carbons (Fsp3) is 0.400. The zero-order valence-corrected chi connectivity index (χ0v) is 11.1. The van der Waals surface area contributed by atoms with Crippen molar-refractivity contribution in [3.8, 4) is 0 Å². The number of rotatable bonds is 4. The fourth-order valence-electron chi connectivity index (χ4n) is 1.20. The summed E-state index contributed by atoms with van der Waals surface area (Å²) in [5.41, 5.74) is 4.54. The van der Waals surface area contributed by atoms with Crippen molar-refractivity contribution in [3.63, 3.8) is 0 Å². The molecule has 0 spiro atoms. The first-order chi connectivity index (χ1) is 7.69. The Hall–Kier alpha value is -0.690. The summed E-state index contributed by atoms with van der Waals surface area (Å²) in [5.74, 6) is -0.891. The van der Waals surface area contributed by atoms with Gasteiger partial charge < -0.3 is 5.73 Å². The minimum absolute atomic E-state index is 0.0816. The molecular formula is C10H14ClFN2O2S. The third-order valence-electron chi connectivity index (χ3n) is 2.11. The van der Waals surface area contributed by atoms with Crippen LogP contribution in [0.1, 0.15) is 13.8 Å². The average molecular weight is 281 g/mol. The van der Waals surface area contributed by atoms with Crippen LogP contribution in [-0.4, -0.2) is 20.5 Å². The minimum atomic E-state index is -4.03. The molecule has 1 aromatic carbocycles. The largest absolute Gasteiger partial charge is 0.329 e. The van der Waals surface area contributed by atoms with Gasteiger partial charge in [0.1, 0.15) is 10.7 Å². The molecule has 0 saturated heterocycles. The van der Waals surface area contributed by atoms with Crippen molar-refractivity contribution >= 4 is 21.6 Å². The zero-order chi connectivity index (χ0) is 13.3. The van der Waals surface area contributed by atoms with Crippen LogP contribution in [0, 0.1) is 5.82 Å². The van der Waals surface area contributed by atoms with Gasteiger partial charge in [0.15, 0.2) is 0 Å². The van der Waals surface area contributed by atoms with Gasteiger partial charge in [-0.15, -0.1) is 0 Å². The van der Waals surface area contributed by atoms with E-state index in [1.807, 2.05) is 0 Å². The number of nitrogens with two attached hydrogens (primary N) is 1. The summed E-state index contributed by atoms with van der Waals surface area (Å²) in [5, 5.41) is -0.162. The number of benzene rings is 1. The van der Waals surface area contributed by atoms with Crippen molar-refractivity contribution in [2.75, 3.05) is 6.54 Å². The van der Waals surface area contributed by atoms with Gasteiger partial charge in [0, 0.05) is 12.1 Å². The number of hydrogen-bond acceptors (Lipinski definition) is 3. The van der Waals surface area contributed by atoms with Crippen molar-refractivity contribution in [2.45, 2.75) is 24.3 Å². The quantitative estimate of drug-likeness (QED) is 0.878. The van der Waals surface area contributed by atoms with Gasteiger partial charge in [-0.25, -0.2) is 17.5 Å². The molecule has 0 unspecified atom stereocenters. The van der Waals surface area contributed by atoms with Gasteiger partial charge in [-0.3, -0.25) is 0 Å². The van der Waals surface area contributed by atoms with Crippen LogP contribution < -0.4 is 10.5 Å². The molecule has 0 aromatic heterocycles. The van der Waals surface area contributed by atoms with Crippen molar-refractivity contribution in [3.05, 3.63) is 29.0 Å². The first-order valence-corrected chi connectivity index (χ1v) is 6.74. The molecule has 0 amide bonds. The van der Waals surface area contributed by atoms with Crippen molar-refractivity contribution in [1.29, 1.82) is 0 Å². The fourth-order valence-corrected chi connectivity index (χ4v) is 3.23. The smallest absolute Gasteiger partial charge is 0.245 e. The second kappa shape index (κ2) is 4.89. The summed E-state index contributed by atoms with van der Waals surface area (Å²) in [7, 11) is -4.03. The molecule has 1 aromatic rings. The predicted molar refractivity (Wildman–Crippen MR) is 64.9 cm³/mol. The van der Waals surface area contributed by atoms with Crippen LogP contribution in [0.4, 0.5) is 4.39 Å². The Labute approximate surface area is 105 Å². The summed E-state index contributed by atoms with van der Waals surface area (Å²) in [4.78, 5) is -0.553. The van der Waals surface area contributed by atoms with E-state index >= 15 is 0 Å². The Balaban J connectivity index is 3.24. The van der Waals surface area contributed by atoms with Crippen LogP contribution in [0.5, 0.6) is 0 Å². The molecule has 0 heterocycles. The lowest BCUT2D eigenvalue weighted by Crippen LogP contribution is -2.48. The second-order valence-corrected chi connectivity index (χ2v) is 6.27. The molecule has 0 aliphatic heterocycles. The molecule has 1 rings (SSSR count). The van der Waals surface area contributed by atoms with E-state index in [1.54, 1.807) is 13.8 Å². The zero-order valence-electron chi connectivity index (χ0n) is 9.50. The van der Waals surface area contributed by atoms with Gasteiger partial charge in [-0.1, -0.05) is 17.7 Å². The SMILES string of the molecule is CC(C)(CN)NS(=O)(=O)c1c(F)cccc1Cl. The number of hydrogen-bond donors (Lipinski definition) is 2. The van der Waals surface area contributed by atoms with Crippen LogP contribution in [0.15, 0.2) is 23.1 Å². The monoisotopic (exact) mass is 280 g/mol. The minimum Gasteiger partial charge on any atom is -0.329 e. The standard InChI is InChI=1S/C10H14ClFN2O2S/c1-10(2,6-13)14-17(15,16)9-7(11)4-3-5-8(9)12/h3-5,14H,6,13H2,1-2H3. The maximum absolute atomic E-state index is 13.5. The van der Waals surface area contributed by atoms with Crippen molar-refractivity contribution < 1.29 is 12.8 Å². The second-order valence-electron chi connectivity index (χ2n) is 4.24. The number of sulfonamides is 1. The maximum Gasteiger partial charge on any atom is 0.245 e. The Morgan fingerprint density at radius 2 is 2.06 bits per heavy atom. The van der Waals surface area contributed by atoms with Crippen LogP contribution >= 0.6 is 11.6 Å². The third-order valence-corrected chi connectivity index (χ3v) is 4.31. The van der Waals surface area contributed by atoms with Gasteiger partial charge in [0.25, 0.3) is 0 Å². The van der Waals surface area contributed by atoms with E-state index in [9.17, 15) is 12.8 Å². The highest BCUT2D eigenvalue weighted by Gasteiger charge is 2.29. The van der Waals surface area contributed by atoms with Crippen LogP contribution in [-0.2, 0) is 10.0 Å². The van der Waals surface area contributed by atoms with E-state index in [4.69, 9.17) is 17.3 Å². The van der Waals surface area contributed by atoms with Gasteiger partial charge in [0.05, 0.1) is 5.02 Å². The molecular weight excluding hydrogens is 267 g/mol. The molecule has 0 aliphatic rings. The Kier molecular flexibility index (Phi) is 4.14. The molecule has 3 N–H and O–H groups in total. The lowest BCUT2D eigenvalue weighted by molar-refractivity contribution is 0.459. The average Bonchev–Trinajstić information content (AvgIpc) is 2.15. The summed E-state index contributed by atoms with van der Waals surface area (Å²) in [6, 6.07) is 3.69. The van der Waals surface area contributed by atoms with E-state index in [0.717, 1.165) is 6.07 Å². The van der Waals surface area contributed by atoms with E-state index < -0.39 is 26.3 Å². The highest BCUT2D eigenvalue weighted by Crippen LogP contribution is 2.24. The van der Waals surface area contributed by atoms with Crippen molar-refractivity contribution in [2.24, 2.45) is 5.73 Å². The normalized spacial score (nSPS) is 12.8. The predicted octanol–water partition coefficient (Wildman–Crippen LogP) is 1.49. The first-order valence-electron chi connectivity index (χ1n) is 4.88. The molecule has 0 atom stereocenters. The summed E-state index contributed by atoms with van der Waals surface area (Å²) in [6.45, 7) is 3.27. The summed E-state index contributed by atoms with van der Waals surface area (Å²) < 4.78 is 39.7. The van der Waals surface area contributed by atoms with Crippen LogP contribution in [0.25, 0.3) is 0 Å². The van der Waals surface area contributed by atoms with E-state index in [-0.39, 0.29) is 11.6 Å². The summed E-state index contributed by atoms with van der Waals surface area (Å²) in [6.07, 6.45) is 0. The van der Waals surface area contributed by atoms with Gasteiger partial charge in [-0.05, 0) is 26.0 Å². The molecule has 4 nitrogen and oxygen atoms in total. The van der Waals surface area contributed by atoms with Gasteiger partial charge >= 0.3 is 0 Å². The van der Waals surface area contributed by atoms with E-state index in [2.05, 4.69) is 4.72 Å². The Morgan fingerprint density at radius 1 is 1.47 bits per heavy atom. The molecule has 0 fully saturated rings. The van der Waals surface area contributed by atoms with E-state index in [1.165, 1.54) is 12.1 Å². The van der Waals surface area contributed by atoms with E-state index in [0.29, 0.717) is 0 Å². The highest BCUT2D eigenvalue weighted by molar-refractivity contribution is 7.89. The lowest BCUT2D eigenvalue weighted by Gasteiger charge is -2.24. The topological polar surface area (TPSA) is 72.2 Å².